The molecule has 1 aromatic carbocycles. The fraction of sp³-hybridized carbons (Fsp3) is 0.533. The zero-order valence-corrected chi connectivity index (χ0v) is 12.7. The second kappa shape index (κ2) is 7.82. The number of benzene rings is 1. The van der Waals surface area contributed by atoms with Crippen LogP contribution in [0.1, 0.15) is 12.5 Å². The molecule has 1 saturated heterocycles. The van der Waals surface area contributed by atoms with Gasteiger partial charge in [-0.1, -0.05) is 18.2 Å². The Balaban J connectivity index is 2.04. The Bertz CT molecular complexity index is 538. The molecule has 0 saturated carbocycles. The number of ether oxygens (including phenoxy) is 3. The molecule has 1 aromatic rings. The number of carbonyl (C=O) groups excluding carboxylic acids is 1. The molecule has 0 amide bonds. The molecule has 5 atom stereocenters. The summed E-state index contributed by atoms with van der Waals surface area (Å²) >= 11 is 0. The van der Waals surface area contributed by atoms with Crippen molar-refractivity contribution in [2.75, 3.05) is 6.61 Å². The van der Waals surface area contributed by atoms with Gasteiger partial charge < -0.3 is 35.3 Å². The molecule has 8 heteroatoms. The highest BCUT2D eigenvalue weighted by Crippen LogP contribution is 2.24. The average Bonchev–Trinajstić information content (AvgIpc) is 2.51. The van der Waals surface area contributed by atoms with E-state index in [1.165, 1.54) is 6.92 Å². The summed E-state index contributed by atoms with van der Waals surface area (Å²) in [5, 5.41) is 29.0. The minimum Gasteiger partial charge on any atom is -0.426 e. The van der Waals surface area contributed by atoms with Crippen LogP contribution in [0.4, 0.5) is 0 Å². The van der Waals surface area contributed by atoms with E-state index in [0.717, 1.165) is 0 Å². The van der Waals surface area contributed by atoms with Crippen LogP contribution >= 0.6 is 0 Å². The number of nitrogens with two attached hydrogens (primary N) is 1. The van der Waals surface area contributed by atoms with E-state index in [-0.39, 0.29) is 6.61 Å². The lowest BCUT2D eigenvalue weighted by Gasteiger charge is -2.40. The van der Waals surface area contributed by atoms with Gasteiger partial charge in [-0.15, -0.1) is 0 Å². The minimum absolute atomic E-state index is 0.00124. The van der Waals surface area contributed by atoms with E-state index in [0.29, 0.717) is 11.3 Å². The summed E-state index contributed by atoms with van der Waals surface area (Å²) in [4.78, 5) is 11.1. The van der Waals surface area contributed by atoms with Crippen LogP contribution in [-0.4, -0.2) is 58.5 Å². The molecule has 1 heterocycles. The van der Waals surface area contributed by atoms with Crippen LogP contribution < -0.4 is 10.5 Å². The van der Waals surface area contributed by atoms with Crippen molar-refractivity contribution in [2.45, 2.75) is 44.2 Å². The molecule has 5 N–H and O–H groups in total. The molecule has 1 unspecified atom stereocenters. The quantitative estimate of drug-likeness (QED) is 0.396. The van der Waals surface area contributed by atoms with Crippen LogP contribution in [0.3, 0.4) is 0 Å². The molecule has 1 aliphatic rings. The first-order valence-corrected chi connectivity index (χ1v) is 7.20. The Morgan fingerprint density at radius 2 is 2.00 bits per heavy atom. The van der Waals surface area contributed by atoms with Crippen molar-refractivity contribution in [2.24, 2.45) is 5.73 Å². The molecular formula is C15H21NO7. The Morgan fingerprint density at radius 1 is 1.30 bits per heavy atom. The maximum atomic E-state index is 11.1. The predicted octanol–water partition coefficient (Wildman–Crippen LogP) is -1.11. The van der Waals surface area contributed by atoms with Crippen LogP contribution in [0.15, 0.2) is 24.3 Å². The van der Waals surface area contributed by atoms with Crippen molar-refractivity contribution >= 4 is 5.97 Å². The van der Waals surface area contributed by atoms with Gasteiger partial charge in [0.25, 0.3) is 0 Å². The minimum atomic E-state index is -1.31. The van der Waals surface area contributed by atoms with Gasteiger partial charge in [-0.3, -0.25) is 4.79 Å². The van der Waals surface area contributed by atoms with E-state index >= 15 is 0 Å². The Kier molecular flexibility index (Phi) is 6.05. The summed E-state index contributed by atoms with van der Waals surface area (Å²) in [5.41, 5.74) is 6.35. The van der Waals surface area contributed by atoms with Gasteiger partial charge in [0.05, 0.1) is 13.2 Å². The monoisotopic (exact) mass is 327 g/mol. The molecule has 0 bridgehead atoms. The molecular weight excluding hydrogens is 306 g/mol. The Hall–Kier alpha value is -1.55. The van der Waals surface area contributed by atoms with Crippen LogP contribution in [0.5, 0.6) is 5.75 Å². The highest BCUT2D eigenvalue weighted by atomic mass is 16.6. The number of para-hydroxylation sites is 1. The van der Waals surface area contributed by atoms with Gasteiger partial charge in [-0.2, -0.15) is 0 Å². The van der Waals surface area contributed by atoms with E-state index in [1.54, 1.807) is 24.3 Å². The van der Waals surface area contributed by atoms with Crippen LogP contribution in [0.25, 0.3) is 0 Å². The number of rotatable bonds is 5. The van der Waals surface area contributed by atoms with Gasteiger partial charge in [-0.05, 0) is 6.07 Å². The van der Waals surface area contributed by atoms with Gasteiger partial charge in [-0.25, -0.2) is 0 Å². The zero-order chi connectivity index (χ0) is 17.0. The van der Waals surface area contributed by atoms with E-state index in [2.05, 4.69) is 0 Å². The molecule has 0 spiro atoms. The molecule has 23 heavy (non-hydrogen) atoms. The Morgan fingerprint density at radius 3 is 2.65 bits per heavy atom. The van der Waals surface area contributed by atoms with Gasteiger partial charge in [0.1, 0.15) is 36.4 Å². The summed E-state index contributed by atoms with van der Waals surface area (Å²) in [6.07, 6.45) is -5.58. The first-order chi connectivity index (χ1) is 10.9. The number of hydrogen-bond donors (Lipinski definition) is 4. The first-order valence-electron chi connectivity index (χ1n) is 7.20. The molecule has 0 aliphatic carbocycles. The highest BCUT2D eigenvalue weighted by molar-refractivity contribution is 5.69. The fourth-order valence-corrected chi connectivity index (χ4v) is 2.38. The van der Waals surface area contributed by atoms with Crippen LogP contribution in [-0.2, 0) is 20.9 Å². The summed E-state index contributed by atoms with van der Waals surface area (Å²) < 4.78 is 15.8. The lowest BCUT2D eigenvalue weighted by Crippen LogP contribution is -2.62. The molecule has 1 aliphatic heterocycles. The number of aliphatic hydroxyl groups excluding tert-OH is 3. The first kappa shape index (κ1) is 17.8. The van der Waals surface area contributed by atoms with E-state index < -0.39 is 43.2 Å². The van der Waals surface area contributed by atoms with Crippen molar-refractivity contribution < 1.29 is 34.3 Å². The molecule has 0 aromatic heterocycles. The number of hydrogen-bond acceptors (Lipinski definition) is 8. The highest BCUT2D eigenvalue weighted by Gasteiger charge is 2.43. The largest absolute Gasteiger partial charge is 0.426 e. The second-order valence-corrected chi connectivity index (χ2v) is 5.28. The van der Waals surface area contributed by atoms with Gasteiger partial charge in [0.15, 0.2) is 0 Å². The maximum absolute atomic E-state index is 11.1. The van der Waals surface area contributed by atoms with Gasteiger partial charge in [0.2, 0.25) is 0 Å². The second-order valence-electron chi connectivity index (χ2n) is 5.28. The SMILES string of the molecule is CC(=O)Oc1ccccc1CO[C@@H]1C(N)O[C@H](CO)[C@H](O)[C@@H]1O. The molecule has 1 fully saturated rings. The lowest BCUT2D eigenvalue weighted by molar-refractivity contribution is -0.242. The van der Waals surface area contributed by atoms with Crippen molar-refractivity contribution in [1.82, 2.24) is 0 Å². The van der Waals surface area contributed by atoms with E-state index in [1.807, 2.05) is 0 Å². The van der Waals surface area contributed by atoms with E-state index in [9.17, 15) is 15.0 Å². The van der Waals surface area contributed by atoms with Crippen LogP contribution in [0.2, 0.25) is 0 Å². The fourth-order valence-electron chi connectivity index (χ4n) is 2.38. The molecule has 2 rings (SSSR count). The van der Waals surface area contributed by atoms with Crippen molar-refractivity contribution in [3.05, 3.63) is 29.8 Å². The van der Waals surface area contributed by atoms with Crippen molar-refractivity contribution in [1.29, 1.82) is 0 Å². The predicted molar refractivity (Wildman–Crippen MR) is 78.3 cm³/mol. The lowest BCUT2D eigenvalue weighted by atomic mass is 9.98. The summed E-state index contributed by atoms with van der Waals surface area (Å²) in [6.45, 7) is 0.824. The van der Waals surface area contributed by atoms with Crippen molar-refractivity contribution in [3.8, 4) is 5.75 Å². The van der Waals surface area contributed by atoms with Crippen molar-refractivity contribution in [3.63, 3.8) is 0 Å². The number of esters is 1. The summed E-state index contributed by atoms with van der Waals surface area (Å²) in [5.74, 6) is -0.120. The standard InChI is InChI=1S/C15H21NO7/c1-8(18)22-10-5-3-2-4-9(10)7-21-14-13(20)12(19)11(6-17)23-15(14)16/h2-5,11-15,17,19-20H,6-7,16H2,1H3/t11-,12+,13+,14+,15?/m1/s1. The summed E-state index contributed by atoms with van der Waals surface area (Å²) in [7, 11) is 0. The normalized spacial score (nSPS) is 30.9. The molecule has 0 radical (unpaired) electrons. The molecule has 8 nitrogen and oxygen atoms in total. The molecule has 128 valence electrons. The third kappa shape index (κ3) is 4.25. The number of carbonyl (C=O) groups is 1. The zero-order valence-electron chi connectivity index (χ0n) is 12.7. The Labute approximate surface area is 133 Å². The topological polar surface area (TPSA) is 131 Å². The smallest absolute Gasteiger partial charge is 0.308 e. The average molecular weight is 327 g/mol. The maximum Gasteiger partial charge on any atom is 0.308 e. The summed E-state index contributed by atoms with van der Waals surface area (Å²) in [6, 6.07) is 6.77. The van der Waals surface area contributed by atoms with Gasteiger partial charge >= 0.3 is 5.97 Å². The number of aliphatic hydroxyl groups is 3. The van der Waals surface area contributed by atoms with Gasteiger partial charge in [0, 0.05) is 12.5 Å². The van der Waals surface area contributed by atoms with E-state index in [4.69, 9.17) is 25.1 Å². The third-order valence-corrected chi connectivity index (χ3v) is 3.56. The van der Waals surface area contributed by atoms with Crippen LogP contribution in [0, 0.1) is 0 Å². The third-order valence-electron chi connectivity index (χ3n) is 3.56.